The molecule has 94 valence electrons. The summed E-state index contributed by atoms with van der Waals surface area (Å²) in [6, 6.07) is 0. The van der Waals surface area contributed by atoms with Gasteiger partial charge in [-0.25, -0.2) is 9.48 Å². The highest BCUT2D eigenvalue weighted by molar-refractivity contribution is 5.76. The molecule has 0 atom stereocenters. The number of aromatic nitrogens is 3. The van der Waals surface area contributed by atoms with Gasteiger partial charge in [-0.05, 0) is 0 Å². The van der Waals surface area contributed by atoms with Crippen LogP contribution in [0.2, 0.25) is 0 Å². The van der Waals surface area contributed by atoms with Crippen molar-refractivity contribution in [1.29, 1.82) is 0 Å². The van der Waals surface area contributed by atoms with Gasteiger partial charge in [0.15, 0.2) is 0 Å². The third kappa shape index (κ3) is 2.73. The van der Waals surface area contributed by atoms with E-state index in [1.165, 1.54) is 15.6 Å². The average Bonchev–Trinajstić information content (AvgIpc) is 2.68. The number of carbonyl (C=O) groups excluding carboxylic acids is 1. The predicted octanol–water partition coefficient (Wildman–Crippen LogP) is -1.60. The van der Waals surface area contributed by atoms with Gasteiger partial charge in [-0.1, -0.05) is 0 Å². The monoisotopic (exact) mass is 239 g/mol. The van der Waals surface area contributed by atoms with Crippen LogP contribution in [-0.2, 0) is 18.4 Å². The molecule has 0 aliphatic carbocycles. The molecule has 2 heterocycles. The van der Waals surface area contributed by atoms with E-state index in [2.05, 4.69) is 10.4 Å². The molecule has 1 aliphatic rings. The van der Waals surface area contributed by atoms with Crippen LogP contribution in [0.1, 0.15) is 6.42 Å². The molecule has 0 saturated carbocycles. The lowest BCUT2D eigenvalue weighted by molar-refractivity contribution is -0.132. The van der Waals surface area contributed by atoms with Crippen molar-refractivity contribution in [3.8, 4) is 0 Å². The first-order valence-corrected chi connectivity index (χ1v) is 5.75. The van der Waals surface area contributed by atoms with Crippen molar-refractivity contribution in [1.82, 2.24) is 24.6 Å². The van der Waals surface area contributed by atoms with Gasteiger partial charge in [0.25, 0.3) is 0 Å². The summed E-state index contributed by atoms with van der Waals surface area (Å²) in [5.74, 6) is 0.0871. The van der Waals surface area contributed by atoms with Crippen LogP contribution >= 0.6 is 0 Å². The number of nitrogens with one attached hydrogen (secondary N) is 1. The van der Waals surface area contributed by atoms with E-state index >= 15 is 0 Å². The number of amides is 1. The number of hydrogen-bond donors (Lipinski definition) is 1. The van der Waals surface area contributed by atoms with Gasteiger partial charge in [-0.2, -0.15) is 5.10 Å². The highest BCUT2D eigenvalue weighted by Gasteiger charge is 2.16. The van der Waals surface area contributed by atoms with E-state index in [-0.39, 0.29) is 11.6 Å². The molecule has 2 rings (SSSR count). The molecule has 1 saturated heterocycles. The Kier molecular flexibility index (Phi) is 3.58. The fourth-order valence-electron chi connectivity index (χ4n) is 1.85. The molecule has 1 N–H and O–H groups in total. The molecule has 7 nitrogen and oxygen atoms in total. The Hall–Kier alpha value is -1.63. The number of hydrogen-bond acceptors (Lipinski definition) is 4. The minimum Gasteiger partial charge on any atom is -0.340 e. The first kappa shape index (κ1) is 11.8. The standard InChI is InChI=1S/C10H17N5O2/c1-13-8-12-15(10(13)17)5-2-9(16)14-6-3-11-4-7-14/h8,11H,2-7H2,1H3. The Balaban J connectivity index is 1.87. The molecule has 17 heavy (non-hydrogen) atoms. The minimum atomic E-state index is -0.182. The van der Waals surface area contributed by atoms with E-state index in [9.17, 15) is 9.59 Å². The maximum Gasteiger partial charge on any atom is 0.345 e. The van der Waals surface area contributed by atoms with Gasteiger partial charge < -0.3 is 10.2 Å². The largest absolute Gasteiger partial charge is 0.345 e. The first-order valence-electron chi connectivity index (χ1n) is 5.75. The number of nitrogens with zero attached hydrogens (tertiary/aromatic N) is 4. The molecule has 1 aromatic heterocycles. The molecule has 0 unspecified atom stereocenters. The zero-order valence-electron chi connectivity index (χ0n) is 9.93. The lowest BCUT2D eigenvalue weighted by atomic mass is 10.3. The molecule has 1 amide bonds. The predicted molar refractivity (Wildman–Crippen MR) is 61.5 cm³/mol. The zero-order valence-corrected chi connectivity index (χ0v) is 9.93. The second-order valence-electron chi connectivity index (χ2n) is 4.13. The van der Waals surface area contributed by atoms with E-state index in [0.29, 0.717) is 13.0 Å². The van der Waals surface area contributed by atoms with Crippen LogP contribution in [0.15, 0.2) is 11.1 Å². The molecule has 0 spiro atoms. The van der Waals surface area contributed by atoms with Crippen molar-refractivity contribution in [2.75, 3.05) is 26.2 Å². The fraction of sp³-hybridized carbons (Fsp3) is 0.700. The van der Waals surface area contributed by atoms with Crippen molar-refractivity contribution in [3.63, 3.8) is 0 Å². The smallest absolute Gasteiger partial charge is 0.340 e. The van der Waals surface area contributed by atoms with E-state index in [4.69, 9.17) is 0 Å². The number of rotatable bonds is 3. The van der Waals surface area contributed by atoms with Gasteiger partial charge in [0.2, 0.25) is 5.91 Å². The van der Waals surface area contributed by atoms with Crippen LogP contribution in [-0.4, -0.2) is 51.3 Å². The maximum atomic E-state index is 11.8. The summed E-state index contributed by atoms with van der Waals surface area (Å²) in [7, 11) is 1.64. The third-order valence-corrected chi connectivity index (χ3v) is 2.89. The van der Waals surface area contributed by atoms with Crippen LogP contribution in [0.25, 0.3) is 0 Å². The van der Waals surface area contributed by atoms with E-state index < -0.39 is 0 Å². The van der Waals surface area contributed by atoms with Crippen LogP contribution in [0.4, 0.5) is 0 Å². The van der Waals surface area contributed by atoms with Gasteiger partial charge in [-0.15, -0.1) is 0 Å². The average molecular weight is 239 g/mol. The third-order valence-electron chi connectivity index (χ3n) is 2.89. The van der Waals surface area contributed by atoms with Crippen molar-refractivity contribution in [3.05, 3.63) is 16.8 Å². The van der Waals surface area contributed by atoms with Crippen molar-refractivity contribution >= 4 is 5.91 Å². The second kappa shape index (κ2) is 5.13. The first-order chi connectivity index (χ1) is 8.18. The van der Waals surface area contributed by atoms with Gasteiger partial charge >= 0.3 is 5.69 Å². The van der Waals surface area contributed by atoms with Crippen LogP contribution in [0.3, 0.4) is 0 Å². The summed E-state index contributed by atoms with van der Waals surface area (Å²) in [5, 5.41) is 7.11. The molecule has 1 fully saturated rings. The Morgan fingerprint density at radius 3 is 2.76 bits per heavy atom. The lowest BCUT2D eigenvalue weighted by Crippen LogP contribution is -2.46. The number of aryl methyl sites for hydroxylation is 2. The van der Waals surface area contributed by atoms with Gasteiger partial charge in [0.1, 0.15) is 6.33 Å². The summed E-state index contributed by atoms with van der Waals surface area (Å²) in [6.07, 6.45) is 1.79. The Morgan fingerprint density at radius 1 is 1.47 bits per heavy atom. The summed E-state index contributed by atoms with van der Waals surface area (Å²) in [5.41, 5.74) is -0.182. The van der Waals surface area contributed by atoms with Gasteiger partial charge in [-0.3, -0.25) is 9.36 Å². The van der Waals surface area contributed by atoms with Crippen molar-refractivity contribution < 1.29 is 4.79 Å². The molecule has 1 aromatic rings. The minimum absolute atomic E-state index is 0.0871. The van der Waals surface area contributed by atoms with Crippen LogP contribution in [0, 0.1) is 0 Å². The summed E-state index contributed by atoms with van der Waals surface area (Å²) >= 11 is 0. The quantitative estimate of drug-likeness (QED) is 0.690. The maximum absolute atomic E-state index is 11.8. The van der Waals surface area contributed by atoms with Crippen LogP contribution in [0.5, 0.6) is 0 Å². The molecular weight excluding hydrogens is 222 g/mol. The normalized spacial score (nSPS) is 16.2. The van der Waals surface area contributed by atoms with Gasteiger partial charge in [0, 0.05) is 39.6 Å². The Morgan fingerprint density at radius 2 is 2.18 bits per heavy atom. The fourth-order valence-corrected chi connectivity index (χ4v) is 1.85. The van der Waals surface area contributed by atoms with Gasteiger partial charge in [0.05, 0.1) is 6.54 Å². The highest BCUT2D eigenvalue weighted by Crippen LogP contribution is 1.97. The Labute approximate surface area is 99.0 Å². The highest BCUT2D eigenvalue weighted by atomic mass is 16.2. The van der Waals surface area contributed by atoms with E-state index in [1.807, 2.05) is 4.90 Å². The topological polar surface area (TPSA) is 72.2 Å². The molecule has 1 aliphatic heterocycles. The Bertz CT molecular complexity index is 444. The molecule has 0 aromatic carbocycles. The number of piperazine rings is 1. The SMILES string of the molecule is Cn1cnn(CCC(=O)N2CCNCC2)c1=O. The molecule has 0 radical (unpaired) electrons. The molecular formula is C10H17N5O2. The summed E-state index contributed by atoms with van der Waals surface area (Å²) < 4.78 is 2.72. The van der Waals surface area contributed by atoms with E-state index in [0.717, 1.165) is 26.2 Å². The second-order valence-corrected chi connectivity index (χ2v) is 4.13. The summed E-state index contributed by atoms with van der Waals surface area (Å²) in [4.78, 5) is 25.1. The zero-order chi connectivity index (χ0) is 12.3. The van der Waals surface area contributed by atoms with Crippen molar-refractivity contribution in [2.24, 2.45) is 7.05 Å². The number of carbonyl (C=O) groups is 1. The summed E-state index contributed by atoms with van der Waals surface area (Å²) in [6.45, 7) is 3.53. The molecule has 0 bridgehead atoms. The van der Waals surface area contributed by atoms with Crippen molar-refractivity contribution in [2.45, 2.75) is 13.0 Å². The van der Waals surface area contributed by atoms with E-state index in [1.54, 1.807) is 7.05 Å². The van der Waals surface area contributed by atoms with Crippen LogP contribution < -0.4 is 11.0 Å². The molecule has 7 heteroatoms. The lowest BCUT2D eigenvalue weighted by Gasteiger charge is -2.27.